The van der Waals surface area contributed by atoms with E-state index >= 15 is 0 Å². The first-order chi connectivity index (χ1) is 8.30. The van der Waals surface area contributed by atoms with Gasteiger partial charge in [-0.05, 0) is 29.0 Å². The molecular formula is C13H12F3NO. The minimum absolute atomic E-state index is 0.0797. The Balaban J connectivity index is 2.79. The van der Waals surface area contributed by atoms with E-state index in [0.29, 0.717) is 5.39 Å². The van der Waals surface area contributed by atoms with Gasteiger partial charge in [-0.1, -0.05) is 19.9 Å². The van der Waals surface area contributed by atoms with Crippen LogP contribution in [0.1, 0.15) is 30.9 Å². The van der Waals surface area contributed by atoms with Crippen LogP contribution in [0.4, 0.5) is 13.2 Å². The van der Waals surface area contributed by atoms with Gasteiger partial charge in [-0.25, -0.2) is 0 Å². The summed E-state index contributed by atoms with van der Waals surface area (Å²) in [6.45, 7) is 3.84. The van der Waals surface area contributed by atoms with Crippen LogP contribution in [0.5, 0.6) is 0 Å². The molecule has 0 aliphatic heterocycles. The summed E-state index contributed by atoms with van der Waals surface area (Å²) in [4.78, 5) is 14.1. The summed E-state index contributed by atoms with van der Waals surface area (Å²) >= 11 is 0. The fraction of sp³-hybridized carbons (Fsp3) is 0.308. The van der Waals surface area contributed by atoms with Crippen LogP contribution in [0, 0.1) is 0 Å². The van der Waals surface area contributed by atoms with E-state index in [2.05, 4.69) is 4.98 Å². The minimum Gasteiger partial charge on any atom is -0.328 e. The Morgan fingerprint density at radius 1 is 1.17 bits per heavy atom. The van der Waals surface area contributed by atoms with Gasteiger partial charge in [0, 0.05) is 11.6 Å². The Bertz CT molecular complexity index is 641. The Hall–Kier alpha value is -1.78. The van der Waals surface area contributed by atoms with Crippen LogP contribution in [0.3, 0.4) is 0 Å². The molecule has 2 aromatic rings. The zero-order valence-corrected chi connectivity index (χ0v) is 9.93. The molecule has 0 saturated carbocycles. The van der Waals surface area contributed by atoms with Crippen molar-refractivity contribution < 1.29 is 13.2 Å². The molecule has 2 nitrogen and oxygen atoms in total. The number of pyridine rings is 1. The van der Waals surface area contributed by atoms with Gasteiger partial charge in [0.1, 0.15) is 0 Å². The molecule has 0 amide bonds. The third-order valence-corrected chi connectivity index (χ3v) is 2.88. The molecule has 5 heteroatoms. The van der Waals surface area contributed by atoms with Gasteiger partial charge in [0.15, 0.2) is 0 Å². The molecule has 0 spiro atoms. The van der Waals surface area contributed by atoms with E-state index in [1.165, 1.54) is 6.07 Å². The molecule has 18 heavy (non-hydrogen) atoms. The average molecular weight is 255 g/mol. The van der Waals surface area contributed by atoms with E-state index in [9.17, 15) is 18.0 Å². The predicted octanol–water partition coefficient (Wildman–Crippen LogP) is 3.67. The lowest BCUT2D eigenvalue weighted by atomic mass is 9.97. The Labute approximate surface area is 101 Å². The van der Waals surface area contributed by atoms with Crippen molar-refractivity contribution in [2.75, 3.05) is 0 Å². The van der Waals surface area contributed by atoms with Gasteiger partial charge in [-0.15, -0.1) is 0 Å². The van der Waals surface area contributed by atoms with Gasteiger partial charge < -0.3 is 4.98 Å². The Morgan fingerprint density at radius 2 is 1.83 bits per heavy atom. The van der Waals surface area contributed by atoms with Gasteiger partial charge in [-0.2, -0.15) is 13.2 Å². The third kappa shape index (κ3) is 2.12. The Kier molecular flexibility index (Phi) is 2.92. The molecular weight excluding hydrogens is 243 g/mol. The topological polar surface area (TPSA) is 32.9 Å². The van der Waals surface area contributed by atoms with Crippen LogP contribution >= 0.6 is 0 Å². The largest absolute Gasteiger partial charge is 0.416 e. The summed E-state index contributed by atoms with van der Waals surface area (Å²) in [6.07, 6.45) is -2.88. The number of hydrogen-bond donors (Lipinski definition) is 1. The molecule has 0 radical (unpaired) electrons. The van der Waals surface area contributed by atoms with Crippen molar-refractivity contribution in [2.24, 2.45) is 0 Å². The highest BCUT2D eigenvalue weighted by Crippen LogP contribution is 2.32. The first-order valence-corrected chi connectivity index (χ1v) is 5.53. The van der Waals surface area contributed by atoms with Crippen LogP contribution in [0.25, 0.3) is 10.8 Å². The van der Waals surface area contributed by atoms with Crippen LogP contribution < -0.4 is 5.56 Å². The third-order valence-electron chi connectivity index (χ3n) is 2.88. The van der Waals surface area contributed by atoms with E-state index < -0.39 is 17.3 Å². The van der Waals surface area contributed by atoms with E-state index in [1.807, 2.05) is 13.8 Å². The van der Waals surface area contributed by atoms with Gasteiger partial charge >= 0.3 is 6.18 Å². The van der Waals surface area contributed by atoms with E-state index in [1.54, 1.807) is 6.20 Å². The molecule has 96 valence electrons. The smallest absolute Gasteiger partial charge is 0.328 e. The molecule has 0 aliphatic rings. The first kappa shape index (κ1) is 12.7. The van der Waals surface area contributed by atoms with Crippen molar-refractivity contribution in [1.29, 1.82) is 0 Å². The van der Waals surface area contributed by atoms with Gasteiger partial charge in [-0.3, -0.25) is 4.79 Å². The predicted molar refractivity (Wildman–Crippen MR) is 63.7 cm³/mol. The number of fused-ring (bicyclic) bond motifs is 1. The highest BCUT2D eigenvalue weighted by molar-refractivity contribution is 5.85. The molecule has 1 aromatic heterocycles. The van der Waals surface area contributed by atoms with Crippen molar-refractivity contribution in [1.82, 2.24) is 4.98 Å². The molecule has 1 N–H and O–H groups in total. The summed E-state index contributed by atoms with van der Waals surface area (Å²) in [5.41, 5.74) is -0.472. The maximum absolute atomic E-state index is 12.6. The Morgan fingerprint density at radius 3 is 2.39 bits per heavy atom. The maximum atomic E-state index is 12.6. The number of aromatic nitrogens is 1. The quantitative estimate of drug-likeness (QED) is 0.828. The van der Waals surface area contributed by atoms with Crippen LogP contribution in [0.15, 0.2) is 29.2 Å². The number of rotatable bonds is 1. The number of halogens is 3. The lowest BCUT2D eigenvalue weighted by molar-refractivity contribution is -0.137. The van der Waals surface area contributed by atoms with Gasteiger partial charge in [0.05, 0.1) is 5.56 Å². The van der Waals surface area contributed by atoms with Crippen molar-refractivity contribution in [2.45, 2.75) is 25.9 Å². The summed E-state index contributed by atoms with van der Waals surface area (Å²) in [6, 6.07) is 3.27. The molecule has 0 aliphatic carbocycles. The van der Waals surface area contributed by atoms with Crippen molar-refractivity contribution in [3.63, 3.8) is 0 Å². The summed E-state index contributed by atoms with van der Waals surface area (Å²) in [5, 5.41) is 0.651. The molecule has 0 saturated heterocycles. The first-order valence-electron chi connectivity index (χ1n) is 5.53. The van der Waals surface area contributed by atoms with E-state index in [-0.39, 0.29) is 11.3 Å². The molecule has 2 rings (SSSR count). The van der Waals surface area contributed by atoms with Crippen molar-refractivity contribution >= 4 is 10.8 Å². The zero-order valence-electron chi connectivity index (χ0n) is 9.93. The molecule has 1 aromatic carbocycles. The van der Waals surface area contributed by atoms with E-state index in [4.69, 9.17) is 0 Å². The number of aromatic amines is 1. The second-order valence-electron chi connectivity index (χ2n) is 4.49. The van der Waals surface area contributed by atoms with Gasteiger partial charge in [0.25, 0.3) is 5.56 Å². The maximum Gasteiger partial charge on any atom is 0.416 e. The fourth-order valence-corrected chi connectivity index (χ4v) is 1.94. The number of benzene rings is 1. The molecule has 0 atom stereocenters. The second-order valence-corrected chi connectivity index (χ2v) is 4.49. The van der Waals surface area contributed by atoms with Crippen LogP contribution in [-0.4, -0.2) is 4.98 Å². The lowest BCUT2D eigenvalue weighted by Gasteiger charge is -2.11. The fourth-order valence-electron chi connectivity index (χ4n) is 1.94. The lowest BCUT2D eigenvalue weighted by Crippen LogP contribution is -2.11. The number of hydrogen-bond acceptors (Lipinski definition) is 1. The summed E-state index contributed by atoms with van der Waals surface area (Å²) in [7, 11) is 0. The van der Waals surface area contributed by atoms with Crippen LogP contribution in [0.2, 0.25) is 0 Å². The number of alkyl halides is 3. The highest BCUT2D eigenvalue weighted by Gasteiger charge is 2.30. The molecule has 0 fully saturated rings. The minimum atomic E-state index is -4.44. The number of nitrogens with one attached hydrogen (secondary N) is 1. The molecule has 1 heterocycles. The SMILES string of the molecule is CC(C)c1c[nH]c(=O)c2cc(C(F)(F)F)ccc12. The van der Waals surface area contributed by atoms with E-state index in [0.717, 1.165) is 17.7 Å². The molecule has 0 bridgehead atoms. The van der Waals surface area contributed by atoms with Crippen molar-refractivity contribution in [3.05, 3.63) is 45.9 Å². The highest BCUT2D eigenvalue weighted by atomic mass is 19.4. The van der Waals surface area contributed by atoms with Crippen molar-refractivity contribution in [3.8, 4) is 0 Å². The average Bonchev–Trinajstić information content (AvgIpc) is 2.27. The normalized spacial score (nSPS) is 12.3. The zero-order chi connectivity index (χ0) is 13.5. The summed E-state index contributed by atoms with van der Waals surface area (Å²) in [5.74, 6) is 0.126. The van der Waals surface area contributed by atoms with Crippen LogP contribution in [-0.2, 0) is 6.18 Å². The summed E-state index contributed by atoms with van der Waals surface area (Å²) < 4.78 is 37.8. The van der Waals surface area contributed by atoms with Gasteiger partial charge in [0.2, 0.25) is 0 Å². The standard InChI is InChI=1S/C13H12F3NO/c1-7(2)11-6-17-12(18)10-5-8(13(14,15)16)3-4-9(10)11/h3-7H,1-2H3,(H,17,18). The monoisotopic (exact) mass is 255 g/mol. The second kappa shape index (κ2) is 4.15. The molecule has 0 unspecified atom stereocenters. The number of H-pyrrole nitrogens is 1.